The highest BCUT2D eigenvalue weighted by atomic mass is 14.0. The lowest BCUT2D eigenvalue weighted by molar-refractivity contribution is 1.65. The SMILES string of the molecule is C(#Cc1cc2cccccc-2c1)c1ccccc1. The van der Waals surface area contributed by atoms with Gasteiger partial charge in [-0.25, -0.2) is 0 Å². The second-order valence-corrected chi connectivity index (χ2v) is 4.18. The van der Waals surface area contributed by atoms with Crippen molar-refractivity contribution in [2.75, 3.05) is 0 Å². The van der Waals surface area contributed by atoms with Gasteiger partial charge < -0.3 is 0 Å². The van der Waals surface area contributed by atoms with Gasteiger partial charge in [0.15, 0.2) is 0 Å². The lowest BCUT2D eigenvalue weighted by atomic mass is 10.2. The summed E-state index contributed by atoms with van der Waals surface area (Å²) in [5, 5.41) is 0. The van der Waals surface area contributed by atoms with E-state index >= 15 is 0 Å². The Hall–Kier alpha value is -2.52. The molecule has 0 aliphatic heterocycles. The predicted octanol–water partition coefficient (Wildman–Crippen LogP) is 4.19. The van der Waals surface area contributed by atoms with Crippen molar-refractivity contribution in [3.63, 3.8) is 0 Å². The molecule has 0 aromatic heterocycles. The zero-order valence-corrected chi connectivity index (χ0v) is 9.93. The summed E-state index contributed by atoms with van der Waals surface area (Å²) in [4.78, 5) is 0. The van der Waals surface area contributed by atoms with Crippen LogP contribution in [-0.4, -0.2) is 0 Å². The second-order valence-electron chi connectivity index (χ2n) is 4.18. The molecule has 0 amide bonds. The molecular weight excluding hydrogens is 216 g/mol. The van der Waals surface area contributed by atoms with Gasteiger partial charge in [0.25, 0.3) is 0 Å². The van der Waals surface area contributed by atoms with E-state index in [0.29, 0.717) is 0 Å². The Morgan fingerprint density at radius 3 is 1.61 bits per heavy atom. The highest BCUT2D eigenvalue weighted by Gasteiger charge is 2.01. The van der Waals surface area contributed by atoms with Gasteiger partial charge in [-0.3, -0.25) is 0 Å². The van der Waals surface area contributed by atoms with Crippen LogP contribution < -0.4 is 0 Å². The summed E-state index contributed by atoms with van der Waals surface area (Å²) in [6.45, 7) is 0. The van der Waals surface area contributed by atoms with Crippen LogP contribution in [0.3, 0.4) is 0 Å². The Kier molecular flexibility index (Phi) is 2.82. The van der Waals surface area contributed by atoms with Crippen LogP contribution >= 0.6 is 0 Å². The molecule has 0 heterocycles. The maximum Gasteiger partial charge on any atom is 0.0261 e. The molecular formula is C18H12. The number of benzene rings is 1. The first kappa shape index (κ1) is 10.6. The lowest BCUT2D eigenvalue weighted by Gasteiger charge is -1.85. The van der Waals surface area contributed by atoms with E-state index in [4.69, 9.17) is 0 Å². The third-order valence-electron chi connectivity index (χ3n) is 2.85. The first-order valence-corrected chi connectivity index (χ1v) is 5.98. The quantitative estimate of drug-likeness (QED) is 0.506. The van der Waals surface area contributed by atoms with Gasteiger partial charge in [0.1, 0.15) is 0 Å². The molecule has 0 unspecified atom stereocenters. The normalized spacial score (nSPS) is 9.78. The fraction of sp³-hybridized carbons (Fsp3) is 0. The van der Waals surface area contributed by atoms with Crippen molar-refractivity contribution in [1.82, 2.24) is 0 Å². The molecule has 0 N–H and O–H groups in total. The largest absolute Gasteiger partial charge is 0.0622 e. The zero-order valence-electron chi connectivity index (χ0n) is 9.93. The summed E-state index contributed by atoms with van der Waals surface area (Å²) < 4.78 is 0. The van der Waals surface area contributed by atoms with Gasteiger partial charge in [0.2, 0.25) is 0 Å². The minimum atomic E-state index is 1.05. The van der Waals surface area contributed by atoms with E-state index in [0.717, 1.165) is 11.1 Å². The van der Waals surface area contributed by atoms with Crippen LogP contribution in [0.2, 0.25) is 0 Å². The minimum absolute atomic E-state index is 1.05. The first-order chi connectivity index (χ1) is 8.92. The molecule has 2 aliphatic carbocycles. The van der Waals surface area contributed by atoms with E-state index in [2.05, 4.69) is 48.2 Å². The molecule has 0 radical (unpaired) electrons. The van der Waals surface area contributed by atoms with Crippen LogP contribution in [0.1, 0.15) is 11.1 Å². The Balaban J connectivity index is 1.98. The summed E-state index contributed by atoms with van der Waals surface area (Å²) in [6.07, 6.45) is 0. The van der Waals surface area contributed by atoms with Crippen LogP contribution in [-0.2, 0) is 0 Å². The topological polar surface area (TPSA) is 0 Å². The Morgan fingerprint density at radius 2 is 1.00 bits per heavy atom. The van der Waals surface area contributed by atoms with Crippen molar-refractivity contribution in [3.05, 3.63) is 83.9 Å². The molecule has 0 nitrogen and oxygen atoms in total. The molecule has 0 saturated heterocycles. The van der Waals surface area contributed by atoms with Crippen molar-refractivity contribution in [1.29, 1.82) is 0 Å². The summed E-state index contributed by atoms with van der Waals surface area (Å²) in [5.74, 6) is 6.39. The average molecular weight is 228 g/mol. The van der Waals surface area contributed by atoms with E-state index in [-0.39, 0.29) is 0 Å². The van der Waals surface area contributed by atoms with Gasteiger partial charge >= 0.3 is 0 Å². The molecule has 0 atom stereocenters. The van der Waals surface area contributed by atoms with Crippen LogP contribution in [0.15, 0.2) is 72.8 Å². The Labute approximate surface area is 107 Å². The van der Waals surface area contributed by atoms with E-state index in [1.165, 1.54) is 11.1 Å². The fourth-order valence-corrected chi connectivity index (χ4v) is 1.95. The zero-order chi connectivity index (χ0) is 12.2. The summed E-state index contributed by atoms with van der Waals surface area (Å²) in [6, 6.07) is 24.7. The van der Waals surface area contributed by atoms with Crippen molar-refractivity contribution >= 4 is 0 Å². The van der Waals surface area contributed by atoms with Gasteiger partial charge in [-0.2, -0.15) is 0 Å². The highest BCUT2D eigenvalue weighted by molar-refractivity contribution is 5.70. The summed E-state index contributed by atoms with van der Waals surface area (Å²) in [7, 11) is 0. The van der Waals surface area contributed by atoms with Gasteiger partial charge in [-0.15, -0.1) is 0 Å². The molecule has 1 aromatic carbocycles. The smallest absolute Gasteiger partial charge is 0.0261 e. The van der Waals surface area contributed by atoms with E-state index in [1.54, 1.807) is 0 Å². The third-order valence-corrected chi connectivity index (χ3v) is 2.85. The number of hydrogen-bond donors (Lipinski definition) is 0. The molecule has 0 saturated carbocycles. The predicted molar refractivity (Wildman–Crippen MR) is 75.5 cm³/mol. The monoisotopic (exact) mass is 228 g/mol. The van der Waals surface area contributed by atoms with Crippen LogP contribution in [0.5, 0.6) is 0 Å². The van der Waals surface area contributed by atoms with E-state index < -0.39 is 0 Å². The molecule has 1 aromatic rings. The first-order valence-electron chi connectivity index (χ1n) is 5.98. The van der Waals surface area contributed by atoms with Crippen molar-refractivity contribution in [2.24, 2.45) is 0 Å². The minimum Gasteiger partial charge on any atom is -0.0622 e. The summed E-state index contributed by atoms with van der Waals surface area (Å²) in [5.41, 5.74) is 4.59. The van der Waals surface area contributed by atoms with E-state index in [1.807, 2.05) is 36.4 Å². The van der Waals surface area contributed by atoms with Crippen molar-refractivity contribution < 1.29 is 0 Å². The standard InChI is InChI=1S/C18H12/c1-3-7-15(8-4-1)11-12-16-13-17-9-5-2-6-10-18(17)14-16/h1-10,13-14H. The molecule has 84 valence electrons. The number of rotatable bonds is 0. The second kappa shape index (κ2) is 4.77. The Bertz CT molecular complexity index is 653. The molecule has 0 spiro atoms. The molecule has 0 fully saturated rings. The number of hydrogen-bond acceptors (Lipinski definition) is 0. The lowest BCUT2D eigenvalue weighted by Crippen LogP contribution is -1.71. The number of fused-ring (bicyclic) bond motifs is 1. The van der Waals surface area contributed by atoms with Crippen LogP contribution in [0.25, 0.3) is 11.1 Å². The van der Waals surface area contributed by atoms with Crippen molar-refractivity contribution in [2.45, 2.75) is 0 Å². The molecule has 2 aliphatic rings. The van der Waals surface area contributed by atoms with Gasteiger partial charge in [-0.1, -0.05) is 60.4 Å². The molecule has 18 heavy (non-hydrogen) atoms. The summed E-state index contributed by atoms with van der Waals surface area (Å²) >= 11 is 0. The Morgan fingerprint density at radius 1 is 0.500 bits per heavy atom. The van der Waals surface area contributed by atoms with Crippen molar-refractivity contribution in [3.8, 4) is 23.0 Å². The van der Waals surface area contributed by atoms with Gasteiger partial charge in [0.05, 0.1) is 0 Å². The van der Waals surface area contributed by atoms with Crippen LogP contribution in [0.4, 0.5) is 0 Å². The average Bonchev–Trinajstić information content (AvgIpc) is 2.68. The maximum atomic E-state index is 3.21. The fourth-order valence-electron chi connectivity index (χ4n) is 1.95. The van der Waals surface area contributed by atoms with E-state index in [9.17, 15) is 0 Å². The highest BCUT2D eigenvalue weighted by Crippen LogP contribution is 2.24. The van der Waals surface area contributed by atoms with Gasteiger partial charge in [0, 0.05) is 11.1 Å². The maximum absolute atomic E-state index is 3.21. The third kappa shape index (κ3) is 2.26. The molecule has 3 rings (SSSR count). The van der Waals surface area contributed by atoms with Crippen LogP contribution in [0, 0.1) is 11.8 Å². The molecule has 0 heteroatoms. The van der Waals surface area contributed by atoms with Gasteiger partial charge in [-0.05, 0) is 35.4 Å². The molecule has 0 bridgehead atoms.